The molecule has 0 atom stereocenters. The maximum absolute atomic E-state index is 12.9. The van der Waals surface area contributed by atoms with Gasteiger partial charge in [0, 0.05) is 45.5 Å². The van der Waals surface area contributed by atoms with Crippen LogP contribution in [-0.4, -0.2) is 73.2 Å². The molecule has 24 heavy (non-hydrogen) atoms. The smallest absolute Gasteiger partial charge is 0.409 e. The lowest BCUT2D eigenvalue weighted by atomic mass is 10.1. The predicted molar refractivity (Wildman–Crippen MR) is 90.2 cm³/mol. The summed E-state index contributed by atoms with van der Waals surface area (Å²) in [6.07, 6.45) is 4.74. The molecule has 7 heteroatoms. The molecule has 2 fully saturated rings. The minimum absolute atomic E-state index is 0.0631. The molecule has 3 rings (SSSR count). The first-order chi connectivity index (χ1) is 11.7. The van der Waals surface area contributed by atoms with Crippen LogP contribution in [-0.2, 0) is 4.74 Å². The third kappa shape index (κ3) is 3.44. The number of piperazine rings is 1. The third-order valence-electron chi connectivity index (χ3n) is 4.67. The van der Waals surface area contributed by atoms with Crippen LogP contribution in [0.1, 0.15) is 29.6 Å². The highest BCUT2D eigenvalue weighted by Crippen LogP contribution is 2.22. The van der Waals surface area contributed by atoms with Crippen molar-refractivity contribution < 1.29 is 14.3 Å². The van der Waals surface area contributed by atoms with Crippen LogP contribution in [0, 0.1) is 0 Å². The van der Waals surface area contributed by atoms with E-state index in [0.29, 0.717) is 31.7 Å². The largest absolute Gasteiger partial charge is 0.453 e. The molecule has 0 aliphatic carbocycles. The molecule has 2 aliphatic rings. The van der Waals surface area contributed by atoms with E-state index in [0.717, 1.165) is 31.7 Å². The van der Waals surface area contributed by atoms with Crippen LogP contribution in [0.3, 0.4) is 0 Å². The van der Waals surface area contributed by atoms with Gasteiger partial charge in [0.2, 0.25) is 0 Å². The van der Waals surface area contributed by atoms with E-state index >= 15 is 0 Å². The number of carbonyl (C=O) groups excluding carboxylic acids is 2. The standard InChI is InChI=1S/C17H24N4O3/c1-24-17(23)21-12-10-19(11-13-21)15-14(6-5-7-18-15)16(22)20-8-3-2-4-9-20/h5-7H,2-4,8-13H2,1H3. The lowest BCUT2D eigenvalue weighted by Crippen LogP contribution is -2.49. The molecule has 0 saturated carbocycles. The number of hydrogen-bond donors (Lipinski definition) is 0. The van der Waals surface area contributed by atoms with Crippen molar-refractivity contribution in [2.45, 2.75) is 19.3 Å². The van der Waals surface area contributed by atoms with Gasteiger partial charge in [0.15, 0.2) is 0 Å². The molecule has 0 spiro atoms. The lowest BCUT2D eigenvalue weighted by Gasteiger charge is -2.36. The van der Waals surface area contributed by atoms with Crippen molar-refractivity contribution in [3.05, 3.63) is 23.9 Å². The zero-order chi connectivity index (χ0) is 16.9. The summed E-state index contributed by atoms with van der Waals surface area (Å²) in [5, 5.41) is 0. The molecule has 130 valence electrons. The zero-order valence-electron chi connectivity index (χ0n) is 14.1. The summed E-state index contributed by atoms with van der Waals surface area (Å²) in [4.78, 5) is 34.6. The van der Waals surface area contributed by atoms with E-state index in [4.69, 9.17) is 4.74 Å². The van der Waals surface area contributed by atoms with Crippen molar-refractivity contribution in [2.24, 2.45) is 0 Å². The van der Waals surface area contributed by atoms with Crippen LogP contribution in [0.5, 0.6) is 0 Å². The summed E-state index contributed by atoms with van der Waals surface area (Å²) in [7, 11) is 1.39. The number of methoxy groups -OCH3 is 1. The van der Waals surface area contributed by atoms with Crippen LogP contribution >= 0.6 is 0 Å². The van der Waals surface area contributed by atoms with Crippen LogP contribution < -0.4 is 4.90 Å². The van der Waals surface area contributed by atoms with E-state index in [1.165, 1.54) is 13.5 Å². The maximum atomic E-state index is 12.9. The number of hydrogen-bond acceptors (Lipinski definition) is 5. The Hall–Kier alpha value is -2.31. The first-order valence-corrected chi connectivity index (χ1v) is 8.53. The normalized spacial score (nSPS) is 18.5. The maximum Gasteiger partial charge on any atom is 0.409 e. The number of likely N-dealkylation sites (tertiary alicyclic amines) is 1. The number of amides is 2. The minimum atomic E-state index is -0.305. The van der Waals surface area contributed by atoms with Crippen molar-refractivity contribution in [1.82, 2.24) is 14.8 Å². The van der Waals surface area contributed by atoms with Crippen LogP contribution in [0.15, 0.2) is 18.3 Å². The molecule has 0 bridgehead atoms. The highest BCUT2D eigenvalue weighted by Gasteiger charge is 2.27. The molecule has 0 radical (unpaired) electrons. The second kappa shape index (κ2) is 7.51. The molecule has 0 unspecified atom stereocenters. The predicted octanol–water partition coefficient (Wildman–Crippen LogP) is 1.60. The highest BCUT2D eigenvalue weighted by molar-refractivity contribution is 5.99. The molecule has 2 amide bonds. The van der Waals surface area contributed by atoms with Crippen LogP contribution in [0.4, 0.5) is 10.6 Å². The van der Waals surface area contributed by atoms with Gasteiger partial charge in [0.25, 0.3) is 5.91 Å². The van der Waals surface area contributed by atoms with Gasteiger partial charge in [-0.3, -0.25) is 4.79 Å². The Labute approximate surface area is 142 Å². The Kier molecular flexibility index (Phi) is 5.17. The van der Waals surface area contributed by atoms with E-state index in [9.17, 15) is 9.59 Å². The Morgan fingerprint density at radius 3 is 2.38 bits per heavy atom. The number of pyridine rings is 1. The lowest BCUT2D eigenvalue weighted by molar-refractivity contribution is 0.0724. The van der Waals surface area contributed by atoms with E-state index in [1.54, 1.807) is 11.1 Å². The number of ether oxygens (including phenoxy) is 1. The summed E-state index contributed by atoms with van der Waals surface area (Å²) >= 11 is 0. The Balaban J connectivity index is 1.73. The van der Waals surface area contributed by atoms with Gasteiger partial charge in [-0.2, -0.15) is 0 Å². The van der Waals surface area contributed by atoms with Gasteiger partial charge in [-0.1, -0.05) is 0 Å². The van der Waals surface area contributed by atoms with Gasteiger partial charge in [-0.15, -0.1) is 0 Å². The average Bonchev–Trinajstić information content (AvgIpc) is 2.67. The number of carbonyl (C=O) groups is 2. The van der Waals surface area contributed by atoms with Crippen molar-refractivity contribution in [1.29, 1.82) is 0 Å². The zero-order valence-corrected chi connectivity index (χ0v) is 14.1. The topological polar surface area (TPSA) is 66.0 Å². The second-order valence-electron chi connectivity index (χ2n) is 6.17. The molecule has 1 aromatic rings. The third-order valence-corrected chi connectivity index (χ3v) is 4.67. The first kappa shape index (κ1) is 16.5. The van der Waals surface area contributed by atoms with Gasteiger partial charge >= 0.3 is 6.09 Å². The van der Waals surface area contributed by atoms with Crippen LogP contribution in [0.25, 0.3) is 0 Å². The number of anilines is 1. The molecule has 3 heterocycles. The molecule has 2 aliphatic heterocycles. The molecular formula is C17H24N4O3. The quantitative estimate of drug-likeness (QED) is 0.823. The molecule has 7 nitrogen and oxygen atoms in total. The summed E-state index contributed by atoms with van der Waals surface area (Å²) in [5.41, 5.74) is 0.658. The SMILES string of the molecule is COC(=O)N1CCN(c2ncccc2C(=O)N2CCCCC2)CC1. The molecular weight excluding hydrogens is 308 g/mol. The summed E-state index contributed by atoms with van der Waals surface area (Å²) < 4.78 is 4.76. The van der Waals surface area contributed by atoms with Gasteiger partial charge in [-0.05, 0) is 31.4 Å². The van der Waals surface area contributed by atoms with Crippen molar-refractivity contribution in [3.8, 4) is 0 Å². The van der Waals surface area contributed by atoms with Crippen LogP contribution in [0.2, 0.25) is 0 Å². The fourth-order valence-electron chi connectivity index (χ4n) is 3.31. The number of nitrogens with zero attached hydrogens (tertiary/aromatic N) is 4. The first-order valence-electron chi connectivity index (χ1n) is 8.53. The Bertz CT molecular complexity index is 593. The fraction of sp³-hybridized carbons (Fsp3) is 0.588. The number of rotatable bonds is 2. The van der Waals surface area contributed by atoms with E-state index in [1.807, 2.05) is 17.0 Å². The average molecular weight is 332 g/mol. The summed E-state index contributed by atoms with van der Waals surface area (Å²) in [5.74, 6) is 0.783. The fourth-order valence-corrected chi connectivity index (χ4v) is 3.31. The summed E-state index contributed by atoms with van der Waals surface area (Å²) in [6, 6.07) is 3.66. The monoisotopic (exact) mass is 332 g/mol. The number of piperidine rings is 1. The van der Waals surface area contributed by atoms with Gasteiger partial charge in [0.05, 0.1) is 12.7 Å². The van der Waals surface area contributed by atoms with Gasteiger partial charge in [-0.25, -0.2) is 9.78 Å². The number of aromatic nitrogens is 1. The minimum Gasteiger partial charge on any atom is -0.453 e. The van der Waals surface area contributed by atoms with E-state index in [2.05, 4.69) is 9.88 Å². The van der Waals surface area contributed by atoms with Crippen molar-refractivity contribution in [2.75, 3.05) is 51.3 Å². The molecule has 0 N–H and O–H groups in total. The summed E-state index contributed by atoms with van der Waals surface area (Å²) in [6.45, 7) is 4.08. The Morgan fingerprint density at radius 1 is 1.00 bits per heavy atom. The molecule has 2 saturated heterocycles. The molecule has 0 aromatic carbocycles. The second-order valence-corrected chi connectivity index (χ2v) is 6.17. The van der Waals surface area contributed by atoms with Crippen molar-refractivity contribution in [3.63, 3.8) is 0 Å². The van der Waals surface area contributed by atoms with E-state index in [-0.39, 0.29) is 12.0 Å². The van der Waals surface area contributed by atoms with Crippen molar-refractivity contribution >= 4 is 17.8 Å². The Morgan fingerprint density at radius 2 is 1.71 bits per heavy atom. The van der Waals surface area contributed by atoms with Gasteiger partial charge in [0.1, 0.15) is 5.82 Å². The van der Waals surface area contributed by atoms with E-state index < -0.39 is 0 Å². The molecule has 1 aromatic heterocycles. The van der Waals surface area contributed by atoms with Gasteiger partial charge < -0.3 is 19.4 Å². The highest BCUT2D eigenvalue weighted by atomic mass is 16.5.